The molecular formula is C23H23N3O3S2. The van der Waals surface area contributed by atoms with Gasteiger partial charge in [0.2, 0.25) is 0 Å². The van der Waals surface area contributed by atoms with Gasteiger partial charge in [-0.15, -0.1) is 0 Å². The number of aryl methyl sites for hydroxylation is 3. The van der Waals surface area contributed by atoms with Crippen LogP contribution >= 0.6 is 12.2 Å². The molecular weight excluding hydrogens is 430 g/mol. The number of sulfonamides is 1. The molecule has 0 spiro atoms. The van der Waals surface area contributed by atoms with Crippen molar-refractivity contribution in [1.29, 1.82) is 0 Å². The van der Waals surface area contributed by atoms with Crippen molar-refractivity contribution in [3.63, 3.8) is 0 Å². The molecule has 3 N–H and O–H groups in total. The smallest absolute Gasteiger partial charge is 0.261 e. The SMILES string of the molecule is Cc1ccc(C(=O)NC(=S)Nc2ccc(S(=O)(=O)Nc3c(C)cccc3C)cc2)cc1. The summed E-state index contributed by atoms with van der Waals surface area (Å²) in [6, 6.07) is 18.8. The van der Waals surface area contributed by atoms with E-state index in [1.807, 2.05) is 51.1 Å². The maximum absolute atomic E-state index is 12.8. The van der Waals surface area contributed by atoms with Crippen LogP contribution < -0.4 is 15.4 Å². The maximum atomic E-state index is 12.8. The summed E-state index contributed by atoms with van der Waals surface area (Å²) in [7, 11) is -3.74. The normalized spacial score (nSPS) is 10.9. The van der Waals surface area contributed by atoms with Crippen LogP contribution in [0.15, 0.2) is 71.6 Å². The van der Waals surface area contributed by atoms with Crippen LogP contribution in [0.4, 0.5) is 11.4 Å². The average molecular weight is 454 g/mol. The predicted molar refractivity (Wildman–Crippen MR) is 128 cm³/mol. The van der Waals surface area contributed by atoms with Gasteiger partial charge in [0.25, 0.3) is 15.9 Å². The molecule has 0 aliphatic rings. The minimum atomic E-state index is -3.74. The van der Waals surface area contributed by atoms with Crippen molar-refractivity contribution in [2.24, 2.45) is 0 Å². The van der Waals surface area contributed by atoms with Crippen molar-refractivity contribution in [1.82, 2.24) is 5.32 Å². The standard InChI is InChI=1S/C23H23N3O3S2/c1-15-7-9-18(10-8-15)22(27)25-23(30)24-19-11-13-20(14-12-19)31(28,29)26-21-16(2)5-4-6-17(21)3/h4-14,26H,1-3H3,(H2,24,25,27,30). The molecule has 3 rings (SSSR count). The highest BCUT2D eigenvalue weighted by Gasteiger charge is 2.16. The van der Waals surface area contributed by atoms with Crippen molar-refractivity contribution in [3.8, 4) is 0 Å². The molecule has 8 heteroatoms. The van der Waals surface area contributed by atoms with Gasteiger partial charge >= 0.3 is 0 Å². The molecule has 0 aromatic heterocycles. The number of thiocarbonyl (C=S) groups is 1. The molecule has 0 radical (unpaired) electrons. The minimum absolute atomic E-state index is 0.120. The van der Waals surface area contributed by atoms with E-state index < -0.39 is 10.0 Å². The van der Waals surface area contributed by atoms with Gasteiger partial charge in [0.1, 0.15) is 0 Å². The second-order valence-corrected chi connectivity index (χ2v) is 9.26. The molecule has 0 aliphatic heterocycles. The first-order chi connectivity index (χ1) is 14.7. The molecule has 31 heavy (non-hydrogen) atoms. The highest BCUT2D eigenvalue weighted by molar-refractivity contribution is 7.92. The zero-order chi connectivity index (χ0) is 22.6. The lowest BCUT2D eigenvalue weighted by Gasteiger charge is -2.14. The number of hydrogen-bond acceptors (Lipinski definition) is 4. The summed E-state index contributed by atoms with van der Waals surface area (Å²) in [6.07, 6.45) is 0. The first kappa shape index (κ1) is 22.5. The number of carbonyl (C=O) groups excluding carboxylic acids is 1. The Bertz CT molecular complexity index is 1200. The van der Waals surface area contributed by atoms with E-state index in [-0.39, 0.29) is 15.9 Å². The number of hydrogen-bond donors (Lipinski definition) is 3. The third-order valence-corrected chi connectivity index (χ3v) is 6.25. The summed E-state index contributed by atoms with van der Waals surface area (Å²) in [5.41, 5.74) is 4.37. The Labute approximate surface area is 187 Å². The van der Waals surface area contributed by atoms with Crippen LogP contribution in [0.1, 0.15) is 27.0 Å². The van der Waals surface area contributed by atoms with Gasteiger partial charge in [-0.25, -0.2) is 8.42 Å². The second kappa shape index (κ2) is 9.28. The van der Waals surface area contributed by atoms with Crippen LogP contribution in [0.2, 0.25) is 0 Å². The Morgan fingerprint density at radius 3 is 2.00 bits per heavy atom. The monoisotopic (exact) mass is 453 g/mol. The van der Waals surface area contributed by atoms with Crippen LogP contribution in [0, 0.1) is 20.8 Å². The second-order valence-electron chi connectivity index (χ2n) is 7.17. The van der Waals surface area contributed by atoms with Gasteiger partial charge in [-0.2, -0.15) is 0 Å². The van der Waals surface area contributed by atoms with Crippen LogP contribution in [0.5, 0.6) is 0 Å². The van der Waals surface area contributed by atoms with E-state index in [0.717, 1.165) is 16.7 Å². The zero-order valence-corrected chi connectivity index (χ0v) is 19.0. The highest BCUT2D eigenvalue weighted by Crippen LogP contribution is 2.24. The van der Waals surface area contributed by atoms with Gasteiger partial charge < -0.3 is 5.32 Å². The van der Waals surface area contributed by atoms with E-state index in [0.29, 0.717) is 16.9 Å². The molecule has 0 heterocycles. The predicted octanol–water partition coefficient (Wildman–Crippen LogP) is 4.54. The lowest BCUT2D eigenvalue weighted by molar-refractivity contribution is 0.0977. The van der Waals surface area contributed by atoms with Crippen molar-refractivity contribution in [3.05, 3.63) is 89.0 Å². The van der Waals surface area contributed by atoms with Crippen molar-refractivity contribution >= 4 is 44.6 Å². The summed E-state index contributed by atoms with van der Waals surface area (Å²) in [5.74, 6) is -0.325. The van der Waals surface area contributed by atoms with E-state index >= 15 is 0 Å². The van der Waals surface area contributed by atoms with E-state index in [9.17, 15) is 13.2 Å². The van der Waals surface area contributed by atoms with Gasteiger partial charge in [0.15, 0.2) is 5.11 Å². The van der Waals surface area contributed by atoms with E-state index in [4.69, 9.17) is 12.2 Å². The van der Waals surface area contributed by atoms with Gasteiger partial charge in [-0.05, 0) is 80.5 Å². The zero-order valence-electron chi connectivity index (χ0n) is 17.4. The number of rotatable bonds is 5. The van der Waals surface area contributed by atoms with E-state index in [1.165, 1.54) is 12.1 Å². The van der Waals surface area contributed by atoms with Crippen LogP contribution in [-0.4, -0.2) is 19.4 Å². The molecule has 0 unspecified atom stereocenters. The van der Waals surface area contributed by atoms with Crippen LogP contribution in [0.3, 0.4) is 0 Å². The average Bonchev–Trinajstić information content (AvgIpc) is 2.71. The Hall–Kier alpha value is -3.23. The molecule has 0 saturated heterocycles. The van der Waals surface area contributed by atoms with Gasteiger partial charge in [-0.3, -0.25) is 14.8 Å². The molecule has 0 bridgehead atoms. The fourth-order valence-corrected chi connectivity index (χ4v) is 4.34. The fraction of sp³-hybridized carbons (Fsp3) is 0.130. The van der Waals surface area contributed by atoms with Gasteiger partial charge in [0, 0.05) is 11.3 Å². The number of para-hydroxylation sites is 1. The Balaban J connectivity index is 1.66. The first-order valence-corrected chi connectivity index (χ1v) is 11.4. The highest BCUT2D eigenvalue weighted by atomic mass is 32.2. The largest absolute Gasteiger partial charge is 0.332 e. The summed E-state index contributed by atoms with van der Waals surface area (Å²) >= 11 is 5.19. The molecule has 6 nitrogen and oxygen atoms in total. The topological polar surface area (TPSA) is 87.3 Å². The van der Waals surface area contributed by atoms with Crippen LogP contribution in [0.25, 0.3) is 0 Å². The Kier molecular flexibility index (Phi) is 6.72. The van der Waals surface area contributed by atoms with Crippen LogP contribution in [-0.2, 0) is 10.0 Å². The number of nitrogens with one attached hydrogen (secondary N) is 3. The molecule has 3 aromatic carbocycles. The summed E-state index contributed by atoms with van der Waals surface area (Å²) in [6.45, 7) is 5.64. The molecule has 0 saturated carbocycles. The summed E-state index contributed by atoms with van der Waals surface area (Å²) in [4.78, 5) is 12.4. The molecule has 0 atom stereocenters. The van der Waals surface area contributed by atoms with Gasteiger partial charge in [0.05, 0.1) is 10.6 Å². The van der Waals surface area contributed by atoms with Crippen molar-refractivity contribution in [2.45, 2.75) is 25.7 Å². The Morgan fingerprint density at radius 1 is 0.839 bits per heavy atom. The summed E-state index contributed by atoms with van der Waals surface area (Å²) < 4.78 is 28.2. The lowest BCUT2D eigenvalue weighted by atomic mass is 10.1. The quantitative estimate of drug-likeness (QED) is 0.494. The lowest BCUT2D eigenvalue weighted by Crippen LogP contribution is -2.34. The molecule has 0 fully saturated rings. The van der Waals surface area contributed by atoms with Crippen molar-refractivity contribution < 1.29 is 13.2 Å². The number of benzene rings is 3. The molecule has 3 aromatic rings. The van der Waals surface area contributed by atoms with E-state index in [1.54, 1.807) is 24.3 Å². The summed E-state index contributed by atoms with van der Waals surface area (Å²) in [5, 5.41) is 5.61. The minimum Gasteiger partial charge on any atom is -0.332 e. The molecule has 0 aliphatic carbocycles. The number of anilines is 2. The molecule has 1 amide bonds. The number of carbonyl (C=O) groups is 1. The fourth-order valence-electron chi connectivity index (χ4n) is 2.93. The van der Waals surface area contributed by atoms with Gasteiger partial charge in [-0.1, -0.05) is 35.9 Å². The first-order valence-electron chi connectivity index (χ1n) is 9.54. The van der Waals surface area contributed by atoms with Crippen molar-refractivity contribution in [2.75, 3.05) is 10.0 Å². The third kappa shape index (κ3) is 5.68. The third-order valence-electron chi connectivity index (χ3n) is 4.68. The van der Waals surface area contributed by atoms with E-state index in [2.05, 4.69) is 15.4 Å². The number of amides is 1. The molecule has 160 valence electrons. The Morgan fingerprint density at radius 2 is 1.42 bits per heavy atom. The maximum Gasteiger partial charge on any atom is 0.261 e.